The zero-order chi connectivity index (χ0) is 22.2. The number of likely N-dealkylation sites (N-methyl/N-ethyl adjacent to an activating group) is 1. The Morgan fingerprint density at radius 3 is 2.29 bits per heavy atom. The van der Waals surface area contributed by atoms with E-state index in [1.165, 1.54) is 6.07 Å². The van der Waals surface area contributed by atoms with Crippen molar-refractivity contribution in [2.75, 3.05) is 27.2 Å². The van der Waals surface area contributed by atoms with Crippen LogP contribution in [-0.2, 0) is 15.6 Å². The number of aliphatic hydroxyl groups excluding tert-OH is 1. The van der Waals surface area contributed by atoms with Gasteiger partial charge in [-0.2, -0.15) is 0 Å². The lowest BCUT2D eigenvalue weighted by molar-refractivity contribution is 0.00940. The number of carbonyl (C=O) groups is 1. The number of aliphatic hydroxyl groups is 1. The number of carbonyl (C=O) groups excluding carboxylic acids is 1. The molecule has 0 aromatic heterocycles. The Bertz CT molecular complexity index is 1040. The van der Waals surface area contributed by atoms with Crippen molar-refractivity contribution < 1.29 is 18.3 Å². The highest BCUT2D eigenvalue weighted by Crippen LogP contribution is 2.38. The summed E-state index contributed by atoms with van der Waals surface area (Å²) in [4.78, 5) is 17.3. The van der Waals surface area contributed by atoms with Crippen LogP contribution in [0.4, 0.5) is 0 Å². The van der Waals surface area contributed by atoms with Gasteiger partial charge in [0.15, 0.2) is 9.84 Å². The normalized spacial score (nSPS) is 26.1. The molecule has 166 valence electrons. The Morgan fingerprint density at radius 2 is 1.61 bits per heavy atom. The third-order valence-corrected chi connectivity index (χ3v) is 8.45. The third-order valence-electron chi connectivity index (χ3n) is 6.71. The van der Waals surface area contributed by atoms with Crippen molar-refractivity contribution in [3.05, 3.63) is 65.7 Å². The average molecular weight is 443 g/mol. The molecule has 1 heterocycles. The summed E-state index contributed by atoms with van der Waals surface area (Å²) >= 11 is 0. The Hall–Kier alpha value is -2.22. The molecule has 1 N–H and O–H groups in total. The van der Waals surface area contributed by atoms with Crippen LogP contribution in [-0.4, -0.2) is 68.6 Å². The topological polar surface area (TPSA) is 77.9 Å². The van der Waals surface area contributed by atoms with Crippen molar-refractivity contribution in [3.63, 3.8) is 0 Å². The molecule has 2 aromatic carbocycles. The lowest BCUT2D eigenvalue weighted by Gasteiger charge is -2.38. The maximum atomic E-state index is 13.4. The van der Waals surface area contributed by atoms with Gasteiger partial charge in [0, 0.05) is 19.1 Å². The quantitative estimate of drug-likeness (QED) is 0.770. The highest BCUT2D eigenvalue weighted by molar-refractivity contribution is 7.90. The second kappa shape index (κ2) is 8.73. The molecular weight excluding hydrogens is 412 g/mol. The monoisotopic (exact) mass is 442 g/mol. The first-order valence-electron chi connectivity index (χ1n) is 10.8. The number of hydrogen-bond donors (Lipinski definition) is 1. The van der Waals surface area contributed by atoms with Crippen LogP contribution in [0.1, 0.15) is 28.8 Å². The molecule has 0 unspecified atom stereocenters. The van der Waals surface area contributed by atoms with Crippen LogP contribution < -0.4 is 0 Å². The minimum atomic E-state index is -3.67. The first kappa shape index (κ1) is 22.0. The zero-order valence-corrected chi connectivity index (χ0v) is 18.8. The molecule has 0 bridgehead atoms. The maximum Gasteiger partial charge on any atom is 0.255 e. The molecule has 1 saturated heterocycles. The highest BCUT2D eigenvalue weighted by Gasteiger charge is 2.44. The van der Waals surface area contributed by atoms with E-state index in [1.807, 2.05) is 32.3 Å². The van der Waals surface area contributed by atoms with Gasteiger partial charge < -0.3 is 14.9 Å². The predicted molar refractivity (Wildman–Crippen MR) is 119 cm³/mol. The first-order chi connectivity index (χ1) is 14.8. The number of sulfone groups is 1. The Kier molecular flexibility index (Phi) is 6.19. The van der Waals surface area contributed by atoms with Gasteiger partial charge in [-0.1, -0.05) is 42.5 Å². The van der Waals surface area contributed by atoms with Gasteiger partial charge in [-0.3, -0.25) is 4.79 Å². The van der Waals surface area contributed by atoms with Gasteiger partial charge in [-0.25, -0.2) is 8.42 Å². The number of rotatable bonds is 5. The van der Waals surface area contributed by atoms with Gasteiger partial charge >= 0.3 is 0 Å². The maximum absolute atomic E-state index is 13.4. The molecule has 2 fully saturated rings. The van der Waals surface area contributed by atoms with E-state index < -0.39 is 15.9 Å². The molecule has 6 nitrogen and oxygen atoms in total. The number of likely N-dealkylation sites (tertiary alicyclic amines) is 1. The number of hydrogen-bond acceptors (Lipinski definition) is 5. The Labute approximate surface area is 184 Å². The third kappa shape index (κ3) is 4.54. The van der Waals surface area contributed by atoms with Gasteiger partial charge in [0.1, 0.15) is 0 Å². The van der Waals surface area contributed by atoms with Crippen LogP contribution in [0, 0.1) is 11.8 Å². The minimum Gasteiger partial charge on any atom is -0.391 e. The molecule has 1 aliphatic heterocycles. The number of amides is 1. The summed E-state index contributed by atoms with van der Waals surface area (Å²) in [7, 11) is 0.277. The van der Waals surface area contributed by atoms with Crippen molar-refractivity contribution in [1.29, 1.82) is 0 Å². The van der Waals surface area contributed by atoms with E-state index in [9.17, 15) is 18.3 Å². The second-order valence-electron chi connectivity index (χ2n) is 9.04. The van der Waals surface area contributed by atoms with Crippen LogP contribution in [0.5, 0.6) is 0 Å². The summed E-state index contributed by atoms with van der Waals surface area (Å²) in [5.74, 6) is 0.203. The minimum absolute atomic E-state index is 0.0879. The Morgan fingerprint density at radius 1 is 1.00 bits per heavy atom. The lowest BCUT2D eigenvalue weighted by atomic mass is 9.77. The molecular formula is C24H30N2O4S. The van der Waals surface area contributed by atoms with Crippen LogP contribution in [0.25, 0.3) is 0 Å². The van der Waals surface area contributed by atoms with Crippen molar-refractivity contribution in [2.45, 2.75) is 35.6 Å². The van der Waals surface area contributed by atoms with E-state index in [-0.39, 0.29) is 34.1 Å². The van der Waals surface area contributed by atoms with Crippen molar-refractivity contribution in [3.8, 4) is 0 Å². The largest absolute Gasteiger partial charge is 0.391 e. The summed E-state index contributed by atoms with van der Waals surface area (Å²) < 4.78 is 26.3. The molecule has 2 aliphatic rings. The van der Waals surface area contributed by atoms with E-state index in [2.05, 4.69) is 4.90 Å². The fourth-order valence-electron chi connectivity index (χ4n) is 5.08. The van der Waals surface area contributed by atoms with Gasteiger partial charge in [0.25, 0.3) is 5.91 Å². The van der Waals surface area contributed by atoms with Crippen molar-refractivity contribution in [2.24, 2.45) is 11.8 Å². The molecule has 1 saturated carbocycles. The van der Waals surface area contributed by atoms with Gasteiger partial charge in [0.05, 0.1) is 22.3 Å². The fraction of sp³-hybridized carbons (Fsp3) is 0.458. The van der Waals surface area contributed by atoms with E-state index in [4.69, 9.17) is 0 Å². The molecule has 0 radical (unpaired) electrons. The zero-order valence-electron chi connectivity index (χ0n) is 18.0. The molecule has 2 aromatic rings. The number of benzene rings is 2. The van der Waals surface area contributed by atoms with E-state index in [1.54, 1.807) is 35.2 Å². The highest BCUT2D eigenvalue weighted by atomic mass is 32.2. The van der Waals surface area contributed by atoms with Gasteiger partial charge in [-0.15, -0.1) is 0 Å². The lowest BCUT2D eigenvalue weighted by Crippen LogP contribution is -2.46. The predicted octanol–water partition coefficient (Wildman–Crippen LogP) is 2.43. The summed E-state index contributed by atoms with van der Waals surface area (Å²) in [5.41, 5.74) is 0.933. The Balaban J connectivity index is 1.55. The van der Waals surface area contributed by atoms with Crippen LogP contribution in [0.3, 0.4) is 0 Å². The summed E-state index contributed by atoms with van der Waals surface area (Å²) in [6.45, 7) is 1.17. The molecule has 4 atom stereocenters. The summed E-state index contributed by atoms with van der Waals surface area (Å²) in [5, 5.41) is 10.5. The summed E-state index contributed by atoms with van der Waals surface area (Å²) in [6.07, 6.45) is 1.12. The van der Waals surface area contributed by atoms with Gasteiger partial charge in [0.2, 0.25) is 0 Å². The first-order valence-corrected chi connectivity index (χ1v) is 12.4. The van der Waals surface area contributed by atoms with Crippen LogP contribution >= 0.6 is 0 Å². The van der Waals surface area contributed by atoms with E-state index >= 15 is 0 Å². The van der Waals surface area contributed by atoms with Crippen molar-refractivity contribution >= 4 is 15.7 Å². The second-order valence-corrected chi connectivity index (χ2v) is 11.0. The van der Waals surface area contributed by atoms with E-state index in [0.29, 0.717) is 31.0 Å². The van der Waals surface area contributed by atoms with Crippen LogP contribution in [0.2, 0.25) is 0 Å². The van der Waals surface area contributed by atoms with Crippen LogP contribution in [0.15, 0.2) is 59.5 Å². The molecule has 1 aliphatic carbocycles. The van der Waals surface area contributed by atoms with Crippen molar-refractivity contribution in [1.82, 2.24) is 9.80 Å². The molecule has 4 rings (SSSR count). The number of fused-ring (bicyclic) bond motifs is 1. The molecule has 7 heteroatoms. The van der Waals surface area contributed by atoms with E-state index in [0.717, 1.165) is 6.42 Å². The standard InChI is InChI=1S/C24H30N2O4S/c1-25(2)21-12-18-14-26(15-19(18)13-22(21)27)24(28)20-10-6-7-11-23(20)31(29,30)16-17-8-4-3-5-9-17/h3-11,18-19,21-22,27H,12-16H2,1-2H3/t18-,19+,21-,22-/m1/s1. The smallest absolute Gasteiger partial charge is 0.255 e. The fourth-order valence-corrected chi connectivity index (χ4v) is 6.65. The number of nitrogens with zero attached hydrogens (tertiary/aromatic N) is 2. The molecule has 1 amide bonds. The molecule has 31 heavy (non-hydrogen) atoms. The average Bonchev–Trinajstić information content (AvgIpc) is 3.15. The van der Waals surface area contributed by atoms with Gasteiger partial charge in [-0.05, 0) is 56.5 Å². The molecule has 0 spiro atoms. The SMILES string of the molecule is CN(C)[C@@H]1C[C@@H]2CN(C(=O)c3ccccc3S(=O)(=O)Cc3ccccc3)C[C@@H]2C[C@H]1O. The summed E-state index contributed by atoms with van der Waals surface area (Å²) in [6, 6.07) is 15.6.